The Morgan fingerprint density at radius 1 is 0.968 bits per heavy atom. The molecule has 0 saturated heterocycles. The van der Waals surface area contributed by atoms with Crippen LogP contribution in [0.4, 0.5) is 4.39 Å². The third-order valence-electron chi connectivity index (χ3n) is 3.96. The Morgan fingerprint density at radius 2 is 1.61 bits per heavy atom. The van der Waals surface area contributed by atoms with Crippen LogP contribution in [0.25, 0.3) is 0 Å². The van der Waals surface area contributed by atoms with Gasteiger partial charge in [0.05, 0.1) is 0 Å². The fourth-order valence-electron chi connectivity index (χ4n) is 2.18. The third-order valence-corrected chi connectivity index (χ3v) is 3.96. The summed E-state index contributed by atoms with van der Waals surface area (Å²) in [5, 5.41) is 0. The van der Waals surface area contributed by atoms with E-state index in [4.69, 9.17) is 18.9 Å². The second kappa shape index (κ2) is 10.8. The fourth-order valence-corrected chi connectivity index (χ4v) is 2.18. The normalized spacial score (nSPS) is 11.1. The molecule has 6 nitrogen and oxygen atoms in total. The summed E-state index contributed by atoms with van der Waals surface area (Å²) < 4.78 is 35.2. The molecule has 2 aromatic carbocycles. The van der Waals surface area contributed by atoms with E-state index in [1.54, 1.807) is 51.1 Å². The molecule has 0 saturated carbocycles. The maximum absolute atomic E-state index is 14.0. The van der Waals surface area contributed by atoms with Gasteiger partial charge in [-0.1, -0.05) is 19.2 Å². The summed E-state index contributed by atoms with van der Waals surface area (Å²) in [6.07, 6.45) is 0.956. The Kier molecular flexibility index (Phi) is 8.14. The van der Waals surface area contributed by atoms with E-state index in [0.717, 1.165) is 6.08 Å². The van der Waals surface area contributed by atoms with Crippen molar-refractivity contribution in [3.63, 3.8) is 0 Å². The van der Waals surface area contributed by atoms with Crippen molar-refractivity contribution in [3.05, 3.63) is 90.2 Å². The summed E-state index contributed by atoms with van der Waals surface area (Å²) in [6, 6.07) is 10.9. The number of carbonyl (C=O) groups is 2. The molecule has 0 N–H and O–H groups in total. The van der Waals surface area contributed by atoms with Crippen molar-refractivity contribution in [2.24, 2.45) is 0 Å². The lowest BCUT2D eigenvalue weighted by Gasteiger charge is -2.11. The summed E-state index contributed by atoms with van der Waals surface area (Å²) in [4.78, 5) is 22.7. The largest absolute Gasteiger partial charge is 0.489 e. The quantitative estimate of drug-likeness (QED) is 0.236. The zero-order chi connectivity index (χ0) is 23.0. The molecule has 7 heteroatoms. The van der Waals surface area contributed by atoms with Gasteiger partial charge in [0.25, 0.3) is 0 Å². The van der Waals surface area contributed by atoms with Gasteiger partial charge in [0.2, 0.25) is 0 Å². The first-order valence-electron chi connectivity index (χ1n) is 9.28. The average Bonchev–Trinajstić information content (AvgIpc) is 2.74. The summed E-state index contributed by atoms with van der Waals surface area (Å²) in [5.41, 5.74) is 0.853. The van der Waals surface area contributed by atoms with Crippen LogP contribution < -0.4 is 14.2 Å². The molecule has 0 spiro atoms. The van der Waals surface area contributed by atoms with Gasteiger partial charge in [0, 0.05) is 11.6 Å². The molecule has 0 amide bonds. The van der Waals surface area contributed by atoms with Crippen LogP contribution in [-0.4, -0.2) is 11.9 Å². The standard InChI is InChI=1S/C24H23FO6/c1-6-23(26)31-22-12-7-18(13-21(22)25)14-28-19-8-10-20(11-9-19)29-16(4)17(5)30-24(27)15(2)3/h6-13H,1-2,14H2,3-5H3/b17-16+. The maximum Gasteiger partial charge on any atom is 0.338 e. The second-order valence-electron chi connectivity index (χ2n) is 6.53. The van der Waals surface area contributed by atoms with Gasteiger partial charge in [-0.15, -0.1) is 0 Å². The monoisotopic (exact) mass is 426 g/mol. The van der Waals surface area contributed by atoms with E-state index in [2.05, 4.69) is 13.2 Å². The number of allylic oxidation sites excluding steroid dienone is 2. The molecule has 0 aliphatic heterocycles. The van der Waals surface area contributed by atoms with Crippen LogP contribution in [0.3, 0.4) is 0 Å². The Balaban J connectivity index is 1.95. The molecule has 0 aromatic heterocycles. The number of halogens is 1. The minimum absolute atomic E-state index is 0.113. The molecule has 0 bridgehead atoms. The molecule has 0 atom stereocenters. The number of esters is 2. The minimum Gasteiger partial charge on any atom is -0.489 e. The summed E-state index contributed by atoms with van der Waals surface area (Å²) in [6.45, 7) is 11.8. The lowest BCUT2D eigenvalue weighted by atomic mass is 10.2. The molecule has 2 aromatic rings. The number of rotatable bonds is 9. The molecule has 0 heterocycles. The summed E-state index contributed by atoms with van der Waals surface area (Å²) >= 11 is 0. The number of benzene rings is 2. The van der Waals surface area contributed by atoms with Crippen LogP contribution in [-0.2, 0) is 20.9 Å². The molecule has 2 rings (SSSR count). The SMILES string of the molecule is C=CC(=O)Oc1ccc(COc2ccc(O/C(C)=C(\C)OC(=O)C(=C)C)cc2)cc1F. The highest BCUT2D eigenvalue weighted by molar-refractivity contribution is 5.87. The summed E-state index contributed by atoms with van der Waals surface area (Å²) in [7, 11) is 0. The van der Waals surface area contributed by atoms with Crippen molar-refractivity contribution in [3.8, 4) is 17.2 Å². The van der Waals surface area contributed by atoms with Gasteiger partial charge in [0.15, 0.2) is 11.6 Å². The van der Waals surface area contributed by atoms with Crippen molar-refractivity contribution in [1.82, 2.24) is 0 Å². The van der Waals surface area contributed by atoms with Gasteiger partial charge >= 0.3 is 11.9 Å². The van der Waals surface area contributed by atoms with E-state index in [0.29, 0.717) is 34.2 Å². The molecular formula is C24H23FO6. The highest BCUT2D eigenvalue weighted by Crippen LogP contribution is 2.23. The van der Waals surface area contributed by atoms with Crippen LogP contribution in [0, 0.1) is 5.82 Å². The Hall–Kier alpha value is -3.87. The average molecular weight is 426 g/mol. The topological polar surface area (TPSA) is 71.1 Å². The van der Waals surface area contributed by atoms with Crippen LogP contribution in [0.5, 0.6) is 17.2 Å². The Bertz CT molecular complexity index is 1020. The number of hydrogen-bond acceptors (Lipinski definition) is 6. The van der Waals surface area contributed by atoms with Gasteiger partial charge in [-0.3, -0.25) is 0 Å². The van der Waals surface area contributed by atoms with E-state index in [-0.39, 0.29) is 12.4 Å². The smallest absolute Gasteiger partial charge is 0.338 e. The van der Waals surface area contributed by atoms with Gasteiger partial charge in [0.1, 0.15) is 29.6 Å². The first kappa shape index (κ1) is 23.4. The van der Waals surface area contributed by atoms with E-state index in [1.165, 1.54) is 12.1 Å². The van der Waals surface area contributed by atoms with Crippen LogP contribution in [0.2, 0.25) is 0 Å². The minimum atomic E-state index is -0.737. The van der Waals surface area contributed by atoms with Crippen molar-refractivity contribution >= 4 is 11.9 Å². The molecular weight excluding hydrogens is 403 g/mol. The Morgan fingerprint density at radius 3 is 2.19 bits per heavy atom. The highest BCUT2D eigenvalue weighted by Gasteiger charge is 2.10. The first-order valence-corrected chi connectivity index (χ1v) is 9.28. The van der Waals surface area contributed by atoms with Crippen LogP contribution in [0.15, 0.2) is 78.8 Å². The number of ether oxygens (including phenoxy) is 4. The fraction of sp³-hybridized carbons (Fsp3) is 0.167. The van der Waals surface area contributed by atoms with Crippen molar-refractivity contribution in [2.45, 2.75) is 27.4 Å². The molecule has 0 radical (unpaired) electrons. The highest BCUT2D eigenvalue weighted by atomic mass is 19.1. The second-order valence-corrected chi connectivity index (χ2v) is 6.53. The predicted octanol–water partition coefficient (Wildman–Crippen LogP) is 5.25. The van der Waals surface area contributed by atoms with Gasteiger partial charge in [-0.25, -0.2) is 14.0 Å². The third kappa shape index (κ3) is 7.15. The number of hydrogen-bond donors (Lipinski definition) is 0. The first-order chi connectivity index (χ1) is 14.7. The van der Waals surface area contributed by atoms with E-state index < -0.39 is 17.8 Å². The molecule has 0 aliphatic rings. The maximum atomic E-state index is 14.0. The van der Waals surface area contributed by atoms with Gasteiger partial charge < -0.3 is 18.9 Å². The lowest BCUT2D eigenvalue weighted by molar-refractivity contribution is -0.135. The lowest BCUT2D eigenvalue weighted by Crippen LogP contribution is -2.06. The van der Waals surface area contributed by atoms with Crippen LogP contribution in [0.1, 0.15) is 26.3 Å². The Labute approximate surface area is 180 Å². The molecule has 0 aliphatic carbocycles. The van der Waals surface area contributed by atoms with Crippen LogP contribution >= 0.6 is 0 Å². The molecule has 31 heavy (non-hydrogen) atoms. The van der Waals surface area contributed by atoms with E-state index >= 15 is 0 Å². The molecule has 162 valence electrons. The van der Waals surface area contributed by atoms with Crippen molar-refractivity contribution in [2.75, 3.05) is 0 Å². The summed E-state index contributed by atoms with van der Waals surface area (Å²) in [5.74, 6) is -0.287. The van der Waals surface area contributed by atoms with Crippen molar-refractivity contribution in [1.29, 1.82) is 0 Å². The van der Waals surface area contributed by atoms with Crippen molar-refractivity contribution < 1.29 is 32.9 Å². The predicted molar refractivity (Wildman–Crippen MR) is 113 cm³/mol. The molecule has 0 unspecified atom stereocenters. The zero-order valence-corrected chi connectivity index (χ0v) is 17.6. The molecule has 0 fully saturated rings. The van der Waals surface area contributed by atoms with E-state index in [9.17, 15) is 14.0 Å². The number of carbonyl (C=O) groups excluding carboxylic acids is 2. The van der Waals surface area contributed by atoms with E-state index in [1.807, 2.05) is 0 Å². The van der Waals surface area contributed by atoms with Gasteiger partial charge in [-0.05, 0) is 62.7 Å². The van der Waals surface area contributed by atoms with Gasteiger partial charge in [-0.2, -0.15) is 0 Å². The zero-order valence-electron chi connectivity index (χ0n) is 17.6.